The van der Waals surface area contributed by atoms with Crippen LogP contribution < -0.4 is 24.7 Å². The van der Waals surface area contributed by atoms with Crippen LogP contribution >= 0.6 is 23.2 Å². The van der Waals surface area contributed by atoms with Crippen molar-refractivity contribution in [2.24, 2.45) is 5.73 Å². The molecule has 0 aromatic heterocycles. The number of hydrogen-bond donors (Lipinski definition) is 1. The molecular weight excluding hydrogens is 551 g/mol. The van der Waals surface area contributed by atoms with Crippen molar-refractivity contribution in [3.05, 3.63) is 129 Å². The lowest BCUT2D eigenvalue weighted by Gasteiger charge is -2.27. The lowest BCUT2D eigenvalue weighted by molar-refractivity contribution is 0.0734. The van der Waals surface area contributed by atoms with Crippen LogP contribution in [0.4, 0.5) is 0 Å². The second-order valence-electron chi connectivity index (χ2n) is 8.81. The highest BCUT2D eigenvalue weighted by Gasteiger charge is 2.32. The van der Waals surface area contributed by atoms with Gasteiger partial charge in [-0.25, -0.2) is 4.79 Å². The van der Waals surface area contributed by atoms with E-state index in [2.05, 4.69) is 6.07 Å². The number of halogens is 2. The number of esters is 1. The van der Waals surface area contributed by atoms with Crippen molar-refractivity contribution in [3.63, 3.8) is 0 Å². The maximum absolute atomic E-state index is 12.6. The largest absolute Gasteiger partial charge is 0.493 e. The van der Waals surface area contributed by atoms with Crippen LogP contribution in [0.15, 0.2) is 96.4 Å². The molecule has 0 saturated heterocycles. The fourth-order valence-electron chi connectivity index (χ4n) is 4.38. The van der Waals surface area contributed by atoms with Gasteiger partial charge in [-0.3, -0.25) is 0 Å². The van der Waals surface area contributed by atoms with Crippen LogP contribution in [0.5, 0.6) is 23.0 Å². The zero-order valence-electron chi connectivity index (χ0n) is 21.2. The van der Waals surface area contributed by atoms with E-state index in [4.69, 9.17) is 47.9 Å². The number of benzene rings is 4. The molecule has 0 fully saturated rings. The molecule has 1 atom stereocenters. The van der Waals surface area contributed by atoms with E-state index in [9.17, 15) is 10.1 Å². The van der Waals surface area contributed by atoms with Gasteiger partial charge < -0.3 is 24.7 Å². The molecule has 1 unspecified atom stereocenters. The molecule has 1 aliphatic rings. The molecule has 0 spiro atoms. The second-order valence-corrected chi connectivity index (χ2v) is 9.66. The number of nitriles is 1. The molecule has 0 radical (unpaired) electrons. The van der Waals surface area contributed by atoms with Gasteiger partial charge in [-0.05, 0) is 48.0 Å². The van der Waals surface area contributed by atoms with Crippen molar-refractivity contribution in [2.75, 3.05) is 7.11 Å². The maximum atomic E-state index is 12.6. The minimum atomic E-state index is -0.576. The number of rotatable bonds is 7. The fourth-order valence-corrected chi connectivity index (χ4v) is 4.76. The Kier molecular flexibility index (Phi) is 7.83. The van der Waals surface area contributed by atoms with Crippen molar-refractivity contribution >= 4 is 29.2 Å². The Morgan fingerprint density at radius 1 is 1.00 bits per heavy atom. The van der Waals surface area contributed by atoms with E-state index in [1.54, 1.807) is 54.6 Å². The molecule has 9 heteroatoms. The average Bonchev–Trinajstić information content (AvgIpc) is 2.96. The number of nitrogens with zero attached hydrogens (tertiary/aromatic N) is 1. The molecule has 0 aliphatic carbocycles. The predicted molar refractivity (Wildman–Crippen MR) is 151 cm³/mol. The van der Waals surface area contributed by atoms with E-state index < -0.39 is 11.9 Å². The van der Waals surface area contributed by atoms with Crippen LogP contribution in [-0.2, 0) is 6.61 Å². The zero-order valence-corrected chi connectivity index (χ0v) is 22.7. The number of fused-ring (bicyclic) bond motifs is 1. The van der Waals surface area contributed by atoms with Gasteiger partial charge >= 0.3 is 5.97 Å². The number of hydrogen-bond acceptors (Lipinski definition) is 7. The summed E-state index contributed by atoms with van der Waals surface area (Å²) in [4.78, 5) is 12.6. The zero-order chi connectivity index (χ0) is 28.2. The summed E-state index contributed by atoms with van der Waals surface area (Å²) in [7, 11) is 1.54. The van der Waals surface area contributed by atoms with E-state index in [-0.39, 0.29) is 23.8 Å². The summed E-state index contributed by atoms with van der Waals surface area (Å²) >= 11 is 12.2. The highest BCUT2D eigenvalue weighted by atomic mass is 35.5. The summed E-state index contributed by atoms with van der Waals surface area (Å²) < 4.78 is 22.9. The Labute approximate surface area is 240 Å². The topological polar surface area (TPSA) is 104 Å². The fraction of sp³-hybridized carbons (Fsp3) is 0.0968. The molecule has 40 heavy (non-hydrogen) atoms. The molecule has 2 N–H and O–H groups in total. The first-order valence-corrected chi connectivity index (χ1v) is 12.9. The van der Waals surface area contributed by atoms with Crippen LogP contribution in [0.25, 0.3) is 0 Å². The standard InChI is InChI=1S/C31H22Cl2N2O5/c1-37-28-14-18(9-12-26(28)38-17-20-5-2-3-8-25(20)33)29-23-11-10-22(15-27(23)40-30(35)24(29)16-34)39-31(36)19-6-4-7-21(32)13-19/h2-15,29H,17,35H2,1H3. The Balaban J connectivity index is 1.44. The lowest BCUT2D eigenvalue weighted by Crippen LogP contribution is -2.21. The van der Waals surface area contributed by atoms with E-state index in [1.165, 1.54) is 13.2 Å². The molecule has 4 aromatic rings. The van der Waals surface area contributed by atoms with Gasteiger partial charge in [0.15, 0.2) is 11.5 Å². The minimum absolute atomic E-state index is 0.0451. The van der Waals surface area contributed by atoms with Gasteiger partial charge in [0, 0.05) is 27.2 Å². The summed E-state index contributed by atoms with van der Waals surface area (Å²) in [5.74, 6) is 0.410. The van der Waals surface area contributed by atoms with Gasteiger partial charge in [0.1, 0.15) is 29.7 Å². The summed E-state index contributed by atoms with van der Waals surface area (Å²) in [6.07, 6.45) is 0. The number of carbonyl (C=O) groups is 1. The van der Waals surface area contributed by atoms with E-state index in [0.717, 1.165) is 11.1 Å². The van der Waals surface area contributed by atoms with Crippen LogP contribution in [0.2, 0.25) is 10.0 Å². The van der Waals surface area contributed by atoms with E-state index in [1.807, 2.05) is 24.3 Å². The van der Waals surface area contributed by atoms with Crippen molar-refractivity contribution in [2.45, 2.75) is 12.5 Å². The monoisotopic (exact) mass is 572 g/mol. The van der Waals surface area contributed by atoms with Gasteiger partial charge in [-0.15, -0.1) is 0 Å². The third kappa shape index (κ3) is 5.55. The highest BCUT2D eigenvalue weighted by Crippen LogP contribution is 2.45. The molecule has 0 amide bonds. The smallest absolute Gasteiger partial charge is 0.343 e. The third-order valence-corrected chi connectivity index (χ3v) is 6.93. The van der Waals surface area contributed by atoms with Crippen LogP contribution in [0, 0.1) is 11.3 Å². The maximum Gasteiger partial charge on any atom is 0.343 e. The number of methoxy groups -OCH3 is 1. The first kappa shape index (κ1) is 26.9. The highest BCUT2D eigenvalue weighted by molar-refractivity contribution is 6.31. The summed E-state index contributed by atoms with van der Waals surface area (Å²) in [5, 5.41) is 11.0. The Hall–Kier alpha value is -4.64. The third-order valence-electron chi connectivity index (χ3n) is 6.32. The Bertz CT molecular complexity index is 1680. The first-order chi connectivity index (χ1) is 19.4. The Morgan fingerprint density at radius 2 is 1.82 bits per heavy atom. The average molecular weight is 573 g/mol. The molecule has 0 saturated carbocycles. The lowest BCUT2D eigenvalue weighted by atomic mass is 9.83. The molecule has 0 bridgehead atoms. The molecular formula is C31H22Cl2N2O5. The van der Waals surface area contributed by atoms with Crippen LogP contribution in [0.3, 0.4) is 0 Å². The second kappa shape index (κ2) is 11.6. The first-order valence-electron chi connectivity index (χ1n) is 12.1. The molecule has 1 heterocycles. The van der Waals surface area contributed by atoms with Crippen LogP contribution in [-0.4, -0.2) is 13.1 Å². The summed E-state index contributed by atoms with van der Waals surface area (Å²) in [6.45, 7) is 0.252. The molecule has 4 aromatic carbocycles. The SMILES string of the molecule is COc1cc(C2C(C#N)=C(N)Oc3cc(OC(=O)c4cccc(Cl)c4)ccc32)ccc1OCc1ccccc1Cl. The predicted octanol–water partition coefficient (Wildman–Crippen LogP) is 7.02. The number of carbonyl (C=O) groups excluding carboxylic acids is 1. The van der Waals surface area contributed by atoms with Gasteiger partial charge in [-0.1, -0.05) is 59.6 Å². The van der Waals surface area contributed by atoms with Gasteiger partial charge in [0.05, 0.1) is 18.6 Å². The van der Waals surface area contributed by atoms with Gasteiger partial charge in [0.2, 0.25) is 5.88 Å². The number of ether oxygens (including phenoxy) is 4. The van der Waals surface area contributed by atoms with Crippen molar-refractivity contribution in [1.29, 1.82) is 5.26 Å². The molecule has 1 aliphatic heterocycles. The van der Waals surface area contributed by atoms with E-state index >= 15 is 0 Å². The quantitative estimate of drug-likeness (QED) is 0.187. The number of allylic oxidation sites excluding steroid dienone is 1. The number of nitrogens with two attached hydrogens (primary N) is 1. The molecule has 200 valence electrons. The van der Waals surface area contributed by atoms with Crippen LogP contribution in [0.1, 0.15) is 33.0 Å². The van der Waals surface area contributed by atoms with Gasteiger partial charge in [0.25, 0.3) is 0 Å². The van der Waals surface area contributed by atoms with Crippen molar-refractivity contribution in [3.8, 4) is 29.1 Å². The van der Waals surface area contributed by atoms with Gasteiger partial charge in [-0.2, -0.15) is 5.26 Å². The van der Waals surface area contributed by atoms with E-state index in [0.29, 0.717) is 38.4 Å². The minimum Gasteiger partial charge on any atom is -0.493 e. The van der Waals surface area contributed by atoms with Crippen molar-refractivity contribution < 1.29 is 23.7 Å². The normalized spacial score (nSPS) is 14.0. The Morgan fingerprint density at radius 3 is 2.58 bits per heavy atom. The molecule has 7 nitrogen and oxygen atoms in total. The molecule has 5 rings (SSSR count). The summed E-state index contributed by atoms with van der Waals surface area (Å²) in [5.41, 5.74) is 8.94. The summed E-state index contributed by atoms with van der Waals surface area (Å²) in [6, 6.07) is 26.4. The van der Waals surface area contributed by atoms with Crippen molar-refractivity contribution in [1.82, 2.24) is 0 Å².